The highest BCUT2D eigenvalue weighted by atomic mass is 19.1. The van der Waals surface area contributed by atoms with Gasteiger partial charge in [0.2, 0.25) is 23.8 Å². The number of carbonyl (C=O) groups excluding carboxylic acids is 1. The van der Waals surface area contributed by atoms with E-state index >= 15 is 0 Å². The molecule has 4 rings (SSSR count). The lowest BCUT2D eigenvalue weighted by atomic mass is 10.1. The van der Waals surface area contributed by atoms with Gasteiger partial charge in [-0.3, -0.25) is 14.8 Å². The molecule has 0 aliphatic rings. The predicted molar refractivity (Wildman–Crippen MR) is 87.0 cm³/mol. The molecule has 26 heavy (non-hydrogen) atoms. The molecule has 0 atom stereocenters. The van der Waals surface area contributed by atoms with Crippen LogP contribution in [0.2, 0.25) is 0 Å². The topological polar surface area (TPSA) is 90.0 Å². The smallest absolute Gasteiger partial charge is 0.249 e. The van der Waals surface area contributed by atoms with E-state index in [4.69, 9.17) is 0 Å². The van der Waals surface area contributed by atoms with Gasteiger partial charge in [0.1, 0.15) is 6.54 Å². The SMILES string of the molecule is O=C(Cn1cccn1)Nc1nc2ccc(-c3ccc(F)nc3F)cn2n1. The quantitative estimate of drug-likeness (QED) is 0.565. The molecule has 0 aliphatic heterocycles. The Hall–Kier alpha value is -3.69. The van der Waals surface area contributed by atoms with E-state index in [0.717, 1.165) is 6.07 Å². The summed E-state index contributed by atoms with van der Waals surface area (Å²) < 4.78 is 29.6. The number of aromatic nitrogens is 6. The highest BCUT2D eigenvalue weighted by Crippen LogP contribution is 2.22. The first kappa shape index (κ1) is 15.8. The molecule has 1 amide bonds. The molecule has 0 unspecified atom stereocenters. The second-order valence-electron chi connectivity index (χ2n) is 5.38. The summed E-state index contributed by atoms with van der Waals surface area (Å²) in [7, 11) is 0. The van der Waals surface area contributed by atoms with Crippen molar-refractivity contribution in [3.05, 3.63) is 60.8 Å². The van der Waals surface area contributed by atoms with E-state index in [1.807, 2.05) is 0 Å². The van der Waals surface area contributed by atoms with Gasteiger partial charge in [0.05, 0.1) is 0 Å². The van der Waals surface area contributed by atoms with E-state index in [0.29, 0.717) is 11.2 Å². The summed E-state index contributed by atoms with van der Waals surface area (Å²) >= 11 is 0. The van der Waals surface area contributed by atoms with Crippen LogP contribution in [0.5, 0.6) is 0 Å². The van der Waals surface area contributed by atoms with Gasteiger partial charge in [0.25, 0.3) is 0 Å². The lowest BCUT2D eigenvalue weighted by Crippen LogP contribution is -2.19. The van der Waals surface area contributed by atoms with E-state index in [9.17, 15) is 13.6 Å². The van der Waals surface area contributed by atoms with Crippen LogP contribution in [0.15, 0.2) is 48.9 Å². The molecule has 0 aliphatic carbocycles. The Morgan fingerprint density at radius 1 is 1.15 bits per heavy atom. The van der Waals surface area contributed by atoms with Gasteiger partial charge in [-0.1, -0.05) is 0 Å². The zero-order chi connectivity index (χ0) is 18.1. The van der Waals surface area contributed by atoms with Crippen LogP contribution >= 0.6 is 0 Å². The number of carbonyl (C=O) groups is 1. The minimum atomic E-state index is -0.919. The van der Waals surface area contributed by atoms with E-state index < -0.39 is 11.9 Å². The van der Waals surface area contributed by atoms with Crippen molar-refractivity contribution in [2.24, 2.45) is 0 Å². The molecule has 8 nitrogen and oxygen atoms in total. The Bertz CT molecular complexity index is 1090. The minimum absolute atomic E-state index is 0.0280. The summed E-state index contributed by atoms with van der Waals surface area (Å²) in [6.07, 6.45) is 4.75. The van der Waals surface area contributed by atoms with E-state index in [1.54, 1.807) is 30.6 Å². The minimum Gasteiger partial charge on any atom is -0.292 e. The number of rotatable bonds is 4. The lowest BCUT2D eigenvalue weighted by molar-refractivity contribution is -0.116. The fraction of sp³-hybridized carbons (Fsp3) is 0.0625. The molecule has 1 N–H and O–H groups in total. The summed E-state index contributed by atoms with van der Waals surface area (Å²) in [5, 5.41) is 10.7. The third-order valence-corrected chi connectivity index (χ3v) is 3.57. The molecule has 4 aromatic heterocycles. The van der Waals surface area contributed by atoms with Crippen molar-refractivity contribution in [3.63, 3.8) is 0 Å². The normalized spacial score (nSPS) is 11.0. The summed E-state index contributed by atoms with van der Waals surface area (Å²) in [4.78, 5) is 19.3. The van der Waals surface area contributed by atoms with Gasteiger partial charge in [0.15, 0.2) is 5.65 Å². The molecule has 10 heteroatoms. The number of amides is 1. The summed E-state index contributed by atoms with van der Waals surface area (Å²) in [5.74, 6) is -2.04. The first-order valence-electron chi connectivity index (χ1n) is 7.54. The van der Waals surface area contributed by atoms with Crippen molar-refractivity contribution >= 4 is 17.5 Å². The number of nitrogens with one attached hydrogen (secondary N) is 1. The maximum Gasteiger partial charge on any atom is 0.249 e. The maximum atomic E-state index is 13.8. The van der Waals surface area contributed by atoms with Crippen molar-refractivity contribution < 1.29 is 13.6 Å². The van der Waals surface area contributed by atoms with Crippen molar-refractivity contribution in [2.75, 3.05) is 5.32 Å². The molecule has 0 fully saturated rings. The van der Waals surface area contributed by atoms with Crippen LogP contribution in [0.4, 0.5) is 14.7 Å². The van der Waals surface area contributed by atoms with Crippen molar-refractivity contribution in [3.8, 4) is 11.1 Å². The fourth-order valence-corrected chi connectivity index (χ4v) is 2.43. The van der Waals surface area contributed by atoms with Crippen LogP contribution in [0, 0.1) is 11.9 Å². The number of nitrogens with zero attached hydrogens (tertiary/aromatic N) is 6. The number of fused-ring (bicyclic) bond motifs is 1. The molecular formula is C16H11F2N7O. The molecule has 0 spiro atoms. The third-order valence-electron chi connectivity index (χ3n) is 3.57. The molecule has 0 aromatic carbocycles. The first-order valence-corrected chi connectivity index (χ1v) is 7.54. The zero-order valence-electron chi connectivity index (χ0n) is 13.2. The Kier molecular flexibility index (Phi) is 3.84. The maximum absolute atomic E-state index is 13.8. The van der Waals surface area contributed by atoms with Gasteiger partial charge in [-0.05, 0) is 30.3 Å². The number of hydrogen-bond donors (Lipinski definition) is 1. The van der Waals surface area contributed by atoms with Crippen LogP contribution in [0.25, 0.3) is 16.8 Å². The van der Waals surface area contributed by atoms with Crippen LogP contribution in [-0.2, 0) is 11.3 Å². The van der Waals surface area contributed by atoms with Gasteiger partial charge >= 0.3 is 0 Å². The molecule has 4 aromatic rings. The highest BCUT2D eigenvalue weighted by molar-refractivity contribution is 5.88. The highest BCUT2D eigenvalue weighted by Gasteiger charge is 2.12. The number of pyridine rings is 2. The summed E-state index contributed by atoms with van der Waals surface area (Å²) in [5.41, 5.74) is 1.04. The van der Waals surface area contributed by atoms with Gasteiger partial charge in [-0.15, -0.1) is 5.10 Å². The van der Waals surface area contributed by atoms with Crippen LogP contribution in [-0.4, -0.2) is 35.3 Å². The lowest BCUT2D eigenvalue weighted by Gasteiger charge is -2.02. The Morgan fingerprint density at radius 3 is 2.81 bits per heavy atom. The Balaban J connectivity index is 1.58. The molecule has 0 saturated heterocycles. The molecule has 0 bridgehead atoms. The second kappa shape index (κ2) is 6.31. The van der Waals surface area contributed by atoms with Crippen LogP contribution < -0.4 is 5.32 Å². The predicted octanol–water partition coefficient (Wildman–Crippen LogP) is 1.90. The molecule has 4 heterocycles. The second-order valence-corrected chi connectivity index (χ2v) is 5.38. The fourth-order valence-electron chi connectivity index (χ4n) is 2.43. The first-order chi connectivity index (χ1) is 12.6. The van der Waals surface area contributed by atoms with E-state index in [1.165, 1.54) is 21.5 Å². The molecular weight excluding hydrogens is 344 g/mol. The van der Waals surface area contributed by atoms with Crippen molar-refractivity contribution in [2.45, 2.75) is 6.54 Å². The number of halogens is 2. The monoisotopic (exact) mass is 355 g/mol. The summed E-state index contributed by atoms with van der Waals surface area (Å²) in [6, 6.07) is 7.29. The standard InChI is InChI=1S/C16H11F2N7O/c17-12-4-3-11(15(18)20-12)10-2-5-13-21-16(23-25(13)8-10)22-14(26)9-24-7-1-6-19-24/h1-8H,9H2,(H,22,23,26). The zero-order valence-corrected chi connectivity index (χ0v) is 13.2. The van der Waals surface area contributed by atoms with Gasteiger partial charge in [0, 0.05) is 29.7 Å². The average molecular weight is 355 g/mol. The van der Waals surface area contributed by atoms with Gasteiger partial charge in [-0.25, -0.2) is 4.52 Å². The summed E-state index contributed by atoms with van der Waals surface area (Å²) in [6.45, 7) is 0.0280. The number of anilines is 1. The molecule has 0 saturated carbocycles. The Morgan fingerprint density at radius 2 is 2.04 bits per heavy atom. The van der Waals surface area contributed by atoms with Crippen LogP contribution in [0.1, 0.15) is 0 Å². The van der Waals surface area contributed by atoms with Crippen molar-refractivity contribution in [1.82, 2.24) is 29.4 Å². The van der Waals surface area contributed by atoms with Crippen LogP contribution in [0.3, 0.4) is 0 Å². The van der Waals surface area contributed by atoms with E-state index in [2.05, 4.69) is 25.5 Å². The third kappa shape index (κ3) is 3.11. The number of hydrogen-bond acceptors (Lipinski definition) is 5. The molecule has 130 valence electrons. The molecule has 0 radical (unpaired) electrons. The van der Waals surface area contributed by atoms with Gasteiger partial charge < -0.3 is 0 Å². The largest absolute Gasteiger partial charge is 0.292 e. The van der Waals surface area contributed by atoms with E-state index in [-0.39, 0.29) is 24.0 Å². The Labute approximate surface area is 145 Å². The average Bonchev–Trinajstić information content (AvgIpc) is 3.23. The van der Waals surface area contributed by atoms with Crippen molar-refractivity contribution in [1.29, 1.82) is 0 Å². The van der Waals surface area contributed by atoms with Gasteiger partial charge in [-0.2, -0.15) is 23.8 Å².